The maximum atomic E-state index is 11.8. The van der Waals surface area contributed by atoms with Crippen LogP contribution in [-0.4, -0.2) is 73.3 Å². The third-order valence-corrected chi connectivity index (χ3v) is 6.40. The largest absolute Gasteiger partial charge is 0.388 e. The first-order valence-electron chi connectivity index (χ1n) is 6.34. The summed E-state index contributed by atoms with van der Waals surface area (Å²) in [6, 6.07) is 0. The number of aliphatic hydroxyl groups is 1. The summed E-state index contributed by atoms with van der Waals surface area (Å²) in [7, 11) is -3.07. The lowest BCUT2D eigenvalue weighted by atomic mass is 9.92. The number of hydrogen-bond acceptors (Lipinski definition) is 6. The van der Waals surface area contributed by atoms with Crippen molar-refractivity contribution in [2.75, 3.05) is 43.9 Å². The van der Waals surface area contributed by atoms with Crippen molar-refractivity contribution in [3.8, 4) is 0 Å². The fraction of sp³-hybridized carbons (Fsp3) is 1.00. The fourth-order valence-corrected chi connectivity index (χ4v) is 5.56. The Hall–Kier alpha value is 0.180. The Morgan fingerprint density at radius 2 is 2.11 bits per heavy atom. The Morgan fingerprint density at radius 3 is 2.72 bits per heavy atom. The van der Waals surface area contributed by atoms with E-state index in [-0.39, 0.29) is 0 Å². The van der Waals surface area contributed by atoms with Gasteiger partial charge in [0.1, 0.15) is 5.37 Å². The quantitative estimate of drug-likeness (QED) is 0.733. The lowest BCUT2D eigenvalue weighted by Crippen LogP contribution is -2.56. The number of β-amino-alcohol motifs (C(OH)–C–C–N with tert-alkyl or cyclic N) is 1. The lowest BCUT2D eigenvalue weighted by Gasteiger charge is -2.41. The van der Waals surface area contributed by atoms with Gasteiger partial charge in [0.05, 0.1) is 5.60 Å². The van der Waals surface area contributed by atoms with Crippen molar-refractivity contribution < 1.29 is 13.5 Å². The van der Waals surface area contributed by atoms with Gasteiger partial charge in [-0.15, -0.1) is 0 Å². The van der Waals surface area contributed by atoms with Crippen LogP contribution < -0.4 is 5.32 Å². The Labute approximate surface area is 113 Å². The smallest absolute Gasteiger partial charge is 0.164 e. The van der Waals surface area contributed by atoms with E-state index >= 15 is 0 Å². The standard InChI is InChI=1S/C11H22N2O3S2/c1-18(15,16)10-8-17-7-6-13(10)9-11(14)2-4-12-5-3-11/h10,12,14H,2-9H2,1H3. The van der Waals surface area contributed by atoms with Gasteiger partial charge in [0.2, 0.25) is 0 Å². The van der Waals surface area contributed by atoms with Crippen LogP contribution in [0.4, 0.5) is 0 Å². The van der Waals surface area contributed by atoms with Gasteiger partial charge in [-0.05, 0) is 25.9 Å². The zero-order chi connectivity index (χ0) is 13.2. The first kappa shape index (κ1) is 14.6. The summed E-state index contributed by atoms with van der Waals surface area (Å²) in [4.78, 5) is 1.96. The highest BCUT2D eigenvalue weighted by Crippen LogP contribution is 2.26. The van der Waals surface area contributed by atoms with Crippen molar-refractivity contribution in [2.45, 2.75) is 23.8 Å². The molecule has 5 nitrogen and oxygen atoms in total. The van der Waals surface area contributed by atoms with E-state index in [2.05, 4.69) is 5.32 Å². The third kappa shape index (κ3) is 3.60. The summed E-state index contributed by atoms with van der Waals surface area (Å²) in [6.45, 7) is 2.84. The molecule has 7 heteroatoms. The SMILES string of the molecule is CS(=O)(=O)C1CSCCN1CC1(O)CCNCC1. The Bertz CT molecular complexity index is 380. The highest BCUT2D eigenvalue weighted by Gasteiger charge is 2.37. The molecule has 106 valence electrons. The van der Waals surface area contributed by atoms with Gasteiger partial charge >= 0.3 is 0 Å². The van der Waals surface area contributed by atoms with E-state index in [4.69, 9.17) is 0 Å². The second-order valence-corrected chi connectivity index (χ2v) is 8.66. The van der Waals surface area contributed by atoms with Crippen LogP contribution in [0, 0.1) is 0 Å². The Morgan fingerprint density at radius 1 is 1.44 bits per heavy atom. The van der Waals surface area contributed by atoms with Gasteiger partial charge in [-0.3, -0.25) is 4.90 Å². The summed E-state index contributed by atoms with van der Waals surface area (Å²) >= 11 is 1.68. The highest BCUT2D eigenvalue weighted by atomic mass is 32.2. The minimum Gasteiger partial charge on any atom is -0.388 e. The molecule has 0 aromatic rings. The molecule has 2 aliphatic rings. The first-order chi connectivity index (χ1) is 8.41. The van der Waals surface area contributed by atoms with Gasteiger partial charge < -0.3 is 10.4 Å². The molecule has 1 atom stereocenters. The molecule has 2 rings (SSSR count). The van der Waals surface area contributed by atoms with Crippen LogP contribution in [-0.2, 0) is 9.84 Å². The molecule has 0 spiro atoms. The predicted molar refractivity (Wildman–Crippen MR) is 74.6 cm³/mol. The molecule has 0 saturated carbocycles. The van der Waals surface area contributed by atoms with Gasteiger partial charge in [0, 0.05) is 30.9 Å². The van der Waals surface area contributed by atoms with Crippen LogP contribution in [0.1, 0.15) is 12.8 Å². The molecule has 2 N–H and O–H groups in total. The summed E-state index contributed by atoms with van der Waals surface area (Å²) in [6.07, 6.45) is 2.70. The van der Waals surface area contributed by atoms with Crippen LogP contribution in [0.3, 0.4) is 0 Å². The van der Waals surface area contributed by atoms with E-state index in [1.54, 1.807) is 11.8 Å². The lowest BCUT2D eigenvalue weighted by molar-refractivity contribution is -0.0217. The molecule has 2 saturated heterocycles. The van der Waals surface area contributed by atoms with Crippen molar-refractivity contribution in [1.29, 1.82) is 0 Å². The van der Waals surface area contributed by atoms with E-state index in [0.717, 1.165) is 25.4 Å². The average Bonchev–Trinajstić information content (AvgIpc) is 2.28. The second-order valence-electron chi connectivity index (χ2n) is 5.30. The van der Waals surface area contributed by atoms with E-state index < -0.39 is 20.8 Å². The zero-order valence-electron chi connectivity index (χ0n) is 10.8. The average molecular weight is 294 g/mol. The third-order valence-electron chi connectivity index (χ3n) is 3.72. The van der Waals surface area contributed by atoms with Gasteiger partial charge in [-0.25, -0.2) is 8.42 Å². The van der Waals surface area contributed by atoms with Gasteiger partial charge in [-0.1, -0.05) is 0 Å². The number of sulfone groups is 1. The maximum Gasteiger partial charge on any atom is 0.164 e. The topological polar surface area (TPSA) is 69.6 Å². The van der Waals surface area contributed by atoms with E-state index in [0.29, 0.717) is 25.1 Å². The van der Waals surface area contributed by atoms with Crippen LogP contribution >= 0.6 is 11.8 Å². The van der Waals surface area contributed by atoms with E-state index in [1.807, 2.05) is 4.90 Å². The van der Waals surface area contributed by atoms with Crippen molar-refractivity contribution in [3.63, 3.8) is 0 Å². The molecule has 2 fully saturated rings. The summed E-state index contributed by atoms with van der Waals surface area (Å²) in [5.74, 6) is 1.56. The Balaban J connectivity index is 2.05. The molecular formula is C11H22N2O3S2. The van der Waals surface area contributed by atoms with E-state index in [9.17, 15) is 13.5 Å². The van der Waals surface area contributed by atoms with Crippen LogP contribution in [0.25, 0.3) is 0 Å². The predicted octanol–water partition coefficient (Wildman–Crippen LogP) is -0.480. The minimum absolute atomic E-state index is 0.435. The molecule has 2 heterocycles. The van der Waals surface area contributed by atoms with Gasteiger partial charge in [-0.2, -0.15) is 11.8 Å². The van der Waals surface area contributed by atoms with Crippen LogP contribution in [0.15, 0.2) is 0 Å². The number of thioether (sulfide) groups is 1. The number of nitrogens with zero attached hydrogens (tertiary/aromatic N) is 1. The summed E-state index contributed by atoms with van der Waals surface area (Å²) in [5, 5.41) is 13.3. The van der Waals surface area contributed by atoms with Crippen molar-refractivity contribution >= 4 is 21.6 Å². The molecule has 2 aliphatic heterocycles. The molecule has 0 aliphatic carbocycles. The Kier molecular flexibility index (Phi) is 4.59. The van der Waals surface area contributed by atoms with Crippen LogP contribution in [0.2, 0.25) is 0 Å². The van der Waals surface area contributed by atoms with E-state index in [1.165, 1.54) is 6.26 Å². The van der Waals surface area contributed by atoms with Crippen molar-refractivity contribution in [3.05, 3.63) is 0 Å². The van der Waals surface area contributed by atoms with Crippen molar-refractivity contribution in [2.24, 2.45) is 0 Å². The second kappa shape index (κ2) is 5.66. The molecular weight excluding hydrogens is 272 g/mol. The highest BCUT2D eigenvalue weighted by molar-refractivity contribution is 8.00. The first-order valence-corrected chi connectivity index (χ1v) is 9.45. The molecule has 0 amide bonds. The number of hydrogen-bond donors (Lipinski definition) is 2. The summed E-state index contributed by atoms with van der Waals surface area (Å²) in [5.41, 5.74) is -0.726. The number of nitrogens with one attached hydrogen (secondary N) is 1. The fourth-order valence-electron chi connectivity index (χ4n) is 2.62. The van der Waals surface area contributed by atoms with Crippen molar-refractivity contribution in [1.82, 2.24) is 10.2 Å². The maximum absolute atomic E-state index is 11.8. The summed E-state index contributed by atoms with van der Waals surface area (Å²) < 4.78 is 23.6. The molecule has 0 radical (unpaired) electrons. The molecule has 0 aromatic heterocycles. The number of piperidine rings is 1. The van der Waals surface area contributed by atoms with Gasteiger partial charge in [0.15, 0.2) is 9.84 Å². The monoisotopic (exact) mass is 294 g/mol. The molecule has 0 bridgehead atoms. The number of rotatable bonds is 3. The molecule has 0 aromatic carbocycles. The minimum atomic E-state index is -3.07. The molecule has 1 unspecified atom stereocenters. The normalized spacial score (nSPS) is 30.2. The molecule has 18 heavy (non-hydrogen) atoms. The van der Waals surface area contributed by atoms with Crippen LogP contribution in [0.5, 0.6) is 0 Å². The zero-order valence-corrected chi connectivity index (χ0v) is 12.4. The van der Waals surface area contributed by atoms with Gasteiger partial charge in [0.25, 0.3) is 0 Å².